The molecule has 2 aromatic rings. The maximum atomic E-state index is 5.98. The number of nitrogens with two attached hydrogens (primary N) is 1. The van der Waals surface area contributed by atoms with Crippen LogP contribution < -0.4 is 15.8 Å². The van der Waals surface area contributed by atoms with Crippen molar-refractivity contribution in [3.63, 3.8) is 0 Å². The number of hydrogen-bond acceptors (Lipinski definition) is 4. The fourth-order valence-corrected chi connectivity index (χ4v) is 2.02. The largest absolute Gasteiger partial charge is 0.497 e. The maximum Gasteiger partial charge on any atom is 0.118 e. The molecule has 0 unspecified atom stereocenters. The van der Waals surface area contributed by atoms with E-state index in [9.17, 15) is 0 Å². The molecule has 0 aliphatic heterocycles. The first-order valence-corrected chi connectivity index (χ1v) is 7.29. The van der Waals surface area contributed by atoms with E-state index < -0.39 is 0 Å². The summed E-state index contributed by atoms with van der Waals surface area (Å²) >= 11 is 0. The van der Waals surface area contributed by atoms with Crippen LogP contribution in [0.1, 0.15) is 11.1 Å². The Hall–Kier alpha value is -3.01. The summed E-state index contributed by atoms with van der Waals surface area (Å²) in [6.07, 6.45) is 3.64. The van der Waals surface area contributed by atoms with Gasteiger partial charge in [-0.05, 0) is 36.6 Å². The maximum absolute atomic E-state index is 5.98. The van der Waals surface area contributed by atoms with E-state index >= 15 is 0 Å². The van der Waals surface area contributed by atoms with Crippen molar-refractivity contribution < 1.29 is 4.74 Å². The summed E-state index contributed by atoms with van der Waals surface area (Å²) in [6.45, 7) is 4.25. The number of nitrogens with one attached hydrogen (secondary N) is 1. The summed E-state index contributed by atoms with van der Waals surface area (Å²) in [7, 11) is 1.65. The van der Waals surface area contributed by atoms with Crippen molar-refractivity contribution in [3.05, 3.63) is 83.7 Å². The lowest BCUT2D eigenvalue weighted by Crippen LogP contribution is -2.19. The van der Waals surface area contributed by atoms with Gasteiger partial charge in [0.05, 0.1) is 18.6 Å². The number of nitrogens with zero attached hydrogens (tertiary/aromatic N) is 1. The second-order valence-electron chi connectivity index (χ2n) is 4.90. The Morgan fingerprint density at radius 2 is 1.83 bits per heavy atom. The molecule has 0 aromatic heterocycles. The Balaban J connectivity index is 1.98. The Morgan fingerprint density at radius 1 is 1.13 bits per heavy atom. The minimum atomic E-state index is 0.567. The third-order valence-electron chi connectivity index (χ3n) is 3.32. The van der Waals surface area contributed by atoms with Gasteiger partial charge in [0.2, 0.25) is 0 Å². The number of allylic oxidation sites excluding steroid dienone is 2. The van der Waals surface area contributed by atoms with Crippen LogP contribution in [0.2, 0.25) is 0 Å². The summed E-state index contributed by atoms with van der Waals surface area (Å²) in [5, 5.41) is 3.16. The van der Waals surface area contributed by atoms with E-state index in [0.717, 1.165) is 22.6 Å². The molecule has 0 heterocycles. The summed E-state index contributed by atoms with van der Waals surface area (Å²) in [5.74, 6) is 1.41. The standard InChI is InChI=1S/C19H21N3O/c1-21-18(16-6-4-3-5-7-16)12-13-19(20)22-14-15-8-10-17(23-2)11-9-15/h3-13,22H,1,14,20H2,2H3/b18-12-,19-13+. The molecule has 118 valence electrons. The molecule has 0 bridgehead atoms. The molecule has 23 heavy (non-hydrogen) atoms. The molecule has 0 amide bonds. The predicted octanol–water partition coefficient (Wildman–Crippen LogP) is 3.33. The molecule has 4 heteroatoms. The van der Waals surface area contributed by atoms with Gasteiger partial charge in [-0.3, -0.25) is 4.99 Å². The molecule has 0 aliphatic rings. The van der Waals surface area contributed by atoms with Gasteiger partial charge in [0.15, 0.2) is 0 Å². The number of aliphatic imine (C=N–C) groups is 1. The van der Waals surface area contributed by atoms with Crippen LogP contribution in [0.3, 0.4) is 0 Å². The quantitative estimate of drug-likeness (QED) is 0.609. The van der Waals surface area contributed by atoms with Crippen LogP contribution in [0.15, 0.2) is 77.6 Å². The third kappa shape index (κ3) is 5.04. The topological polar surface area (TPSA) is 59.6 Å². The minimum Gasteiger partial charge on any atom is -0.497 e. The second kappa shape index (κ2) is 8.44. The van der Waals surface area contributed by atoms with Crippen LogP contribution in [0.25, 0.3) is 5.70 Å². The zero-order valence-corrected chi connectivity index (χ0v) is 13.2. The number of rotatable bonds is 7. The molecular weight excluding hydrogens is 286 g/mol. The summed E-state index contributed by atoms with van der Waals surface area (Å²) in [6, 6.07) is 17.7. The monoisotopic (exact) mass is 307 g/mol. The Morgan fingerprint density at radius 3 is 2.43 bits per heavy atom. The van der Waals surface area contributed by atoms with Crippen LogP contribution in [-0.2, 0) is 6.54 Å². The van der Waals surface area contributed by atoms with E-state index in [-0.39, 0.29) is 0 Å². The van der Waals surface area contributed by atoms with Crippen LogP contribution in [0, 0.1) is 0 Å². The third-order valence-corrected chi connectivity index (χ3v) is 3.32. The molecule has 0 saturated heterocycles. The highest BCUT2D eigenvalue weighted by atomic mass is 16.5. The lowest BCUT2D eigenvalue weighted by Gasteiger charge is -2.07. The van der Waals surface area contributed by atoms with E-state index in [1.165, 1.54) is 0 Å². The molecule has 0 spiro atoms. The number of benzene rings is 2. The molecule has 4 nitrogen and oxygen atoms in total. The summed E-state index contributed by atoms with van der Waals surface area (Å²) in [5.41, 5.74) is 8.88. The van der Waals surface area contributed by atoms with Gasteiger partial charge in [0, 0.05) is 12.1 Å². The average molecular weight is 307 g/mol. The summed E-state index contributed by atoms with van der Waals surface area (Å²) < 4.78 is 5.13. The SMILES string of the molecule is C=N/C(=C\C=C(/N)NCc1ccc(OC)cc1)c1ccccc1. The van der Waals surface area contributed by atoms with Crippen molar-refractivity contribution in [3.8, 4) is 5.75 Å². The van der Waals surface area contributed by atoms with Gasteiger partial charge in [0.1, 0.15) is 5.75 Å². The van der Waals surface area contributed by atoms with E-state index in [2.05, 4.69) is 17.0 Å². The number of ether oxygens (including phenoxy) is 1. The fraction of sp³-hybridized carbons (Fsp3) is 0.105. The molecule has 2 rings (SSSR count). The van der Waals surface area contributed by atoms with Gasteiger partial charge in [-0.25, -0.2) is 0 Å². The Kier molecular flexibility index (Phi) is 6.00. The second-order valence-corrected chi connectivity index (χ2v) is 4.90. The molecule has 2 aromatic carbocycles. The van der Waals surface area contributed by atoms with E-state index in [4.69, 9.17) is 10.5 Å². The lowest BCUT2D eigenvalue weighted by atomic mass is 10.1. The molecule has 0 saturated carbocycles. The smallest absolute Gasteiger partial charge is 0.118 e. The minimum absolute atomic E-state index is 0.567. The summed E-state index contributed by atoms with van der Waals surface area (Å²) in [4.78, 5) is 4.04. The van der Waals surface area contributed by atoms with Gasteiger partial charge in [-0.1, -0.05) is 42.5 Å². The van der Waals surface area contributed by atoms with Gasteiger partial charge in [-0.2, -0.15) is 0 Å². The van der Waals surface area contributed by atoms with Gasteiger partial charge >= 0.3 is 0 Å². The van der Waals surface area contributed by atoms with E-state index in [0.29, 0.717) is 12.4 Å². The van der Waals surface area contributed by atoms with Crippen molar-refractivity contribution >= 4 is 12.4 Å². The number of methoxy groups -OCH3 is 1. The molecule has 0 atom stereocenters. The zero-order valence-electron chi connectivity index (χ0n) is 13.2. The van der Waals surface area contributed by atoms with Crippen LogP contribution in [0.5, 0.6) is 5.75 Å². The predicted molar refractivity (Wildman–Crippen MR) is 96.1 cm³/mol. The molecular formula is C19H21N3O. The number of hydrogen-bond donors (Lipinski definition) is 2. The zero-order chi connectivity index (χ0) is 16.5. The molecule has 0 fully saturated rings. The normalized spacial score (nSPS) is 11.9. The van der Waals surface area contributed by atoms with Crippen molar-refractivity contribution in [2.24, 2.45) is 10.7 Å². The highest BCUT2D eigenvalue weighted by Crippen LogP contribution is 2.15. The fourth-order valence-electron chi connectivity index (χ4n) is 2.02. The molecule has 0 aliphatic carbocycles. The van der Waals surface area contributed by atoms with Crippen LogP contribution >= 0.6 is 0 Å². The highest BCUT2D eigenvalue weighted by molar-refractivity contribution is 5.69. The molecule has 3 N–H and O–H groups in total. The van der Waals surface area contributed by atoms with Crippen LogP contribution in [0.4, 0.5) is 0 Å². The first-order valence-electron chi connectivity index (χ1n) is 7.29. The van der Waals surface area contributed by atoms with Crippen molar-refractivity contribution in [2.45, 2.75) is 6.54 Å². The van der Waals surface area contributed by atoms with Gasteiger partial charge in [-0.15, -0.1) is 0 Å². The molecule has 0 radical (unpaired) electrons. The Bertz CT molecular complexity index is 688. The lowest BCUT2D eigenvalue weighted by molar-refractivity contribution is 0.414. The van der Waals surface area contributed by atoms with Gasteiger partial charge in [0.25, 0.3) is 0 Å². The van der Waals surface area contributed by atoms with E-state index in [1.807, 2.05) is 60.7 Å². The Labute approximate surface area is 137 Å². The van der Waals surface area contributed by atoms with Crippen LogP contribution in [-0.4, -0.2) is 13.8 Å². The van der Waals surface area contributed by atoms with Crippen molar-refractivity contribution in [1.29, 1.82) is 0 Å². The highest BCUT2D eigenvalue weighted by Gasteiger charge is 1.97. The van der Waals surface area contributed by atoms with Crippen molar-refractivity contribution in [2.75, 3.05) is 7.11 Å². The first-order chi connectivity index (χ1) is 11.2. The average Bonchev–Trinajstić information content (AvgIpc) is 2.62. The van der Waals surface area contributed by atoms with Crippen molar-refractivity contribution in [1.82, 2.24) is 5.32 Å². The van der Waals surface area contributed by atoms with E-state index in [1.54, 1.807) is 13.2 Å². The van der Waals surface area contributed by atoms with Gasteiger partial charge < -0.3 is 15.8 Å². The first kappa shape index (κ1) is 16.4.